The first-order valence-electron chi connectivity index (χ1n) is 9.43. The average Bonchev–Trinajstić information content (AvgIpc) is 3.28. The van der Waals surface area contributed by atoms with Crippen LogP contribution < -0.4 is 5.32 Å². The summed E-state index contributed by atoms with van der Waals surface area (Å²) in [6.45, 7) is -1.11. The highest BCUT2D eigenvalue weighted by Gasteiger charge is 2.22. The molecule has 3 aromatic rings. The van der Waals surface area contributed by atoms with Gasteiger partial charge in [0.15, 0.2) is 0 Å². The zero-order valence-corrected chi connectivity index (χ0v) is 16.0. The Bertz CT molecular complexity index is 957. The van der Waals surface area contributed by atoms with Gasteiger partial charge in [-0.3, -0.25) is 4.68 Å². The van der Waals surface area contributed by atoms with E-state index < -0.39 is 6.55 Å². The van der Waals surface area contributed by atoms with Gasteiger partial charge in [-0.1, -0.05) is 11.6 Å². The molecule has 0 saturated carbocycles. The number of aliphatic hydroxyl groups is 1. The van der Waals surface area contributed by atoms with Gasteiger partial charge in [0.05, 0.1) is 17.8 Å². The summed E-state index contributed by atoms with van der Waals surface area (Å²) in [7, 11) is 0. The molecular weight excluding hydrogens is 388 g/mol. The first-order valence-corrected chi connectivity index (χ1v) is 9.81. The van der Waals surface area contributed by atoms with Crippen LogP contribution in [-0.2, 0) is 6.54 Å². The largest absolute Gasteiger partial charge is 0.392 e. The van der Waals surface area contributed by atoms with Gasteiger partial charge < -0.3 is 10.4 Å². The lowest BCUT2D eigenvalue weighted by Gasteiger charge is -2.28. The van der Waals surface area contributed by atoms with Crippen molar-refractivity contribution in [3.8, 4) is 11.3 Å². The first kappa shape index (κ1) is 19.3. The van der Waals surface area contributed by atoms with Gasteiger partial charge in [0.1, 0.15) is 5.69 Å². The molecule has 0 amide bonds. The Morgan fingerprint density at radius 2 is 2.21 bits per heavy atom. The molecular formula is C19H22ClF2N5O. The lowest BCUT2D eigenvalue weighted by Crippen LogP contribution is -2.44. The second-order valence-corrected chi connectivity index (χ2v) is 7.57. The molecule has 2 aromatic heterocycles. The van der Waals surface area contributed by atoms with Crippen LogP contribution in [0, 0.1) is 0 Å². The second kappa shape index (κ2) is 8.14. The summed E-state index contributed by atoms with van der Waals surface area (Å²) in [5.41, 5.74) is 1.99. The molecule has 1 aliphatic rings. The van der Waals surface area contributed by atoms with Crippen molar-refractivity contribution in [2.24, 2.45) is 0 Å². The molecule has 2 atom stereocenters. The van der Waals surface area contributed by atoms with Crippen LogP contribution in [0.2, 0.25) is 5.02 Å². The fourth-order valence-corrected chi connectivity index (χ4v) is 3.96. The predicted octanol–water partition coefficient (Wildman–Crippen LogP) is 3.84. The van der Waals surface area contributed by atoms with Crippen LogP contribution in [0.3, 0.4) is 0 Å². The molecule has 2 N–H and O–H groups in total. The van der Waals surface area contributed by atoms with Crippen molar-refractivity contribution < 1.29 is 13.9 Å². The van der Waals surface area contributed by atoms with E-state index in [0.29, 0.717) is 27.5 Å². The highest BCUT2D eigenvalue weighted by atomic mass is 35.5. The van der Waals surface area contributed by atoms with Crippen molar-refractivity contribution in [2.45, 2.75) is 50.9 Å². The number of aryl methyl sites for hydroxylation is 1. The van der Waals surface area contributed by atoms with Crippen molar-refractivity contribution in [3.63, 3.8) is 0 Å². The smallest absolute Gasteiger partial charge is 0.333 e. The Morgan fingerprint density at radius 1 is 1.36 bits per heavy atom. The maximum Gasteiger partial charge on any atom is 0.333 e. The van der Waals surface area contributed by atoms with Gasteiger partial charge in [0.25, 0.3) is 0 Å². The van der Waals surface area contributed by atoms with Gasteiger partial charge in [-0.05, 0) is 50.4 Å². The summed E-state index contributed by atoms with van der Waals surface area (Å²) >= 11 is 6.17. The number of aliphatic hydroxyl groups excluding tert-OH is 1. The van der Waals surface area contributed by atoms with Crippen LogP contribution >= 0.6 is 11.6 Å². The average molecular weight is 410 g/mol. The molecule has 150 valence electrons. The Labute approximate surface area is 166 Å². The molecule has 28 heavy (non-hydrogen) atoms. The molecule has 0 radical (unpaired) electrons. The molecule has 0 unspecified atom stereocenters. The summed E-state index contributed by atoms with van der Waals surface area (Å²) in [4.78, 5) is 0. The molecule has 6 nitrogen and oxygen atoms in total. The highest BCUT2D eigenvalue weighted by molar-refractivity contribution is 6.31. The van der Waals surface area contributed by atoms with E-state index in [-0.39, 0.29) is 12.1 Å². The minimum absolute atomic E-state index is 0.0999. The SMILES string of the molecule is O[C@H]1CCCN[C@@H]1CCCn1nc(-c2cnn(C(F)F)c2)c2ccc(Cl)cc21. The number of benzene rings is 1. The predicted molar refractivity (Wildman–Crippen MR) is 103 cm³/mol. The van der Waals surface area contributed by atoms with Crippen LogP contribution in [0.15, 0.2) is 30.6 Å². The molecule has 3 heterocycles. The molecule has 0 spiro atoms. The molecule has 1 fully saturated rings. The lowest BCUT2D eigenvalue weighted by atomic mass is 9.97. The van der Waals surface area contributed by atoms with Gasteiger partial charge in [-0.25, -0.2) is 4.68 Å². The van der Waals surface area contributed by atoms with Crippen molar-refractivity contribution in [2.75, 3.05) is 6.54 Å². The molecule has 1 aromatic carbocycles. The molecule has 4 rings (SSSR count). The highest BCUT2D eigenvalue weighted by Crippen LogP contribution is 2.30. The Hall–Kier alpha value is -2.03. The van der Waals surface area contributed by atoms with Gasteiger partial charge in [-0.2, -0.15) is 19.0 Å². The van der Waals surface area contributed by atoms with Gasteiger partial charge in [0.2, 0.25) is 0 Å². The summed E-state index contributed by atoms with van der Waals surface area (Å²) in [6.07, 6.45) is 5.87. The van der Waals surface area contributed by atoms with Gasteiger partial charge in [0, 0.05) is 34.8 Å². The minimum atomic E-state index is -2.69. The molecule has 9 heteroatoms. The van der Waals surface area contributed by atoms with E-state index in [1.54, 1.807) is 6.07 Å². The number of fused-ring (bicyclic) bond motifs is 1. The van der Waals surface area contributed by atoms with E-state index in [0.717, 1.165) is 43.1 Å². The molecule has 0 aliphatic carbocycles. The third kappa shape index (κ3) is 3.90. The number of nitrogens with zero attached hydrogens (tertiary/aromatic N) is 4. The topological polar surface area (TPSA) is 67.9 Å². The van der Waals surface area contributed by atoms with E-state index in [2.05, 4.69) is 15.5 Å². The Balaban J connectivity index is 1.58. The van der Waals surface area contributed by atoms with E-state index in [1.165, 1.54) is 12.4 Å². The standard InChI is InChI=1S/C19H22ClF2N5O/c20-13-5-6-14-16(9-13)26(8-2-3-15-17(28)4-1-7-23-15)25-18(14)12-10-24-27(11-12)19(21)22/h5-6,9-11,15,17,19,23,28H,1-4,7-8H2/t15-,17+/m1/s1. The summed E-state index contributed by atoms with van der Waals surface area (Å²) < 4.78 is 28.2. The lowest BCUT2D eigenvalue weighted by molar-refractivity contribution is 0.0566. The van der Waals surface area contributed by atoms with Crippen molar-refractivity contribution in [1.29, 1.82) is 0 Å². The third-order valence-corrected chi connectivity index (χ3v) is 5.46. The van der Waals surface area contributed by atoms with Crippen LogP contribution in [0.25, 0.3) is 22.2 Å². The number of rotatable bonds is 6. The zero-order valence-electron chi connectivity index (χ0n) is 15.2. The quantitative estimate of drug-likeness (QED) is 0.649. The van der Waals surface area contributed by atoms with E-state index >= 15 is 0 Å². The molecule has 0 bridgehead atoms. The van der Waals surface area contributed by atoms with Crippen LogP contribution in [0.1, 0.15) is 32.2 Å². The number of hydrogen-bond donors (Lipinski definition) is 2. The number of piperidine rings is 1. The minimum Gasteiger partial charge on any atom is -0.392 e. The van der Waals surface area contributed by atoms with Gasteiger partial charge >= 0.3 is 6.55 Å². The van der Waals surface area contributed by atoms with E-state index in [4.69, 9.17) is 11.6 Å². The third-order valence-electron chi connectivity index (χ3n) is 5.22. The van der Waals surface area contributed by atoms with Crippen LogP contribution in [-0.4, -0.2) is 43.4 Å². The number of alkyl halides is 2. The summed E-state index contributed by atoms with van der Waals surface area (Å²) in [5, 5.41) is 23.3. The fraction of sp³-hybridized carbons (Fsp3) is 0.474. The van der Waals surface area contributed by atoms with E-state index in [9.17, 15) is 13.9 Å². The normalized spacial score (nSPS) is 20.3. The summed E-state index contributed by atoms with van der Waals surface area (Å²) in [6, 6.07) is 5.54. The maximum atomic E-state index is 12.9. The monoisotopic (exact) mass is 409 g/mol. The van der Waals surface area contributed by atoms with Crippen molar-refractivity contribution >= 4 is 22.5 Å². The first-order chi connectivity index (χ1) is 13.5. The fourth-order valence-electron chi connectivity index (χ4n) is 3.79. The van der Waals surface area contributed by atoms with Crippen molar-refractivity contribution in [3.05, 3.63) is 35.6 Å². The zero-order chi connectivity index (χ0) is 19.7. The van der Waals surface area contributed by atoms with E-state index in [1.807, 2.05) is 16.8 Å². The van der Waals surface area contributed by atoms with Crippen molar-refractivity contribution in [1.82, 2.24) is 24.9 Å². The number of halogens is 3. The number of hydrogen-bond acceptors (Lipinski definition) is 4. The molecule has 1 saturated heterocycles. The second-order valence-electron chi connectivity index (χ2n) is 7.13. The van der Waals surface area contributed by atoms with Crippen LogP contribution in [0.5, 0.6) is 0 Å². The molecule has 1 aliphatic heterocycles. The number of aromatic nitrogens is 4. The Morgan fingerprint density at radius 3 is 2.96 bits per heavy atom. The maximum absolute atomic E-state index is 12.9. The Kier molecular flexibility index (Phi) is 5.61. The van der Waals surface area contributed by atoms with Gasteiger partial charge in [-0.15, -0.1) is 0 Å². The number of nitrogens with one attached hydrogen (secondary N) is 1. The summed E-state index contributed by atoms with van der Waals surface area (Å²) in [5.74, 6) is 0. The van der Waals surface area contributed by atoms with Crippen LogP contribution in [0.4, 0.5) is 8.78 Å².